The fourth-order valence-corrected chi connectivity index (χ4v) is 5.32. The predicted octanol–water partition coefficient (Wildman–Crippen LogP) is 2.32. The zero-order chi connectivity index (χ0) is 26.2. The number of carboxylic acids is 1. The van der Waals surface area contributed by atoms with Crippen LogP contribution in [0, 0.1) is 5.92 Å². The third-order valence-electron chi connectivity index (χ3n) is 7.20. The van der Waals surface area contributed by atoms with Gasteiger partial charge in [-0.15, -0.1) is 0 Å². The van der Waals surface area contributed by atoms with Crippen molar-refractivity contribution in [2.75, 3.05) is 39.6 Å². The molecule has 0 spiro atoms. The molecule has 0 saturated carbocycles. The minimum absolute atomic E-state index is 0.0204. The smallest absolute Gasteiger partial charge is 0.308 e. The summed E-state index contributed by atoms with van der Waals surface area (Å²) in [7, 11) is 0. The highest BCUT2D eigenvalue weighted by molar-refractivity contribution is 5.79. The number of carbonyl (C=O) groups excluding carboxylic acids is 1. The van der Waals surface area contributed by atoms with Crippen LogP contribution in [0.5, 0.6) is 11.5 Å². The number of hydrogen-bond donors (Lipinski definition) is 2. The van der Waals surface area contributed by atoms with Gasteiger partial charge in [-0.2, -0.15) is 0 Å². The fraction of sp³-hybridized carbons (Fsp3) is 0.556. The molecule has 0 aliphatic carbocycles. The van der Waals surface area contributed by atoms with Crippen LogP contribution in [0.1, 0.15) is 49.9 Å². The van der Waals surface area contributed by atoms with E-state index in [2.05, 4.69) is 16.9 Å². The molecule has 1 unspecified atom stereocenters. The van der Waals surface area contributed by atoms with E-state index < -0.39 is 11.9 Å². The van der Waals surface area contributed by atoms with Crippen LogP contribution in [0.4, 0.5) is 0 Å². The summed E-state index contributed by atoms with van der Waals surface area (Å²) in [5.41, 5.74) is 0.857. The van der Waals surface area contributed by atoms with Crippen LogP contribution in [0.15, 0.2) is 36.7 Å². The molecule has 10 heteroatoms. The average molecular weight is 513 g/mol. The third-order valence-corrected chi connectivity index (χ3v) is 7.20. The number of rotatable bonds is 13. The number of ether oxygens (including phenoxy) is 2. The summed E-state index contributed by atoms with van der Waals surface area (Å²) >= 11 is 0. The Hall–Kier alpha value is -3.24. The highest BCUT2D eigenvalue weighted by Gasteiger charge is 2.47. The molecule has 2 aromatic rings. The van der Waals surface area contributed by atoms with E-state index in [4.69, 9.17) is 9.47 Å². The summed E-state index contributed by atoms with van der Waals surface area (Å²) in [5.74, 6) is -0.0505. The lowest BCUT2D eigenvalue weighted by molar-refractivity contribution is -0.143. The van der Waals surface area contributed by atoms with Crippen molar-refractivity contribution in [1.82, 2.24) is 19.8 Å². The zero-order valence-electron chi connectivity index (χ0n) is 21.3. The van der Waals surface area contributed by atoms with Crippen molar-refractivity contribution < 1.29 is 29.3 Å². The molecule has 1 aromatic heterocycles. The topological polar surface area (TPSA) is 125 Å². The summed E-state index contributed by atoms with van der Waals surface area (Å²) in [6.45, 7) is 3.91. The highest BCUT2D eigenvalue weighted by Crippen LogP contribution is 2.42. The van der Waals surface area contributed by atoms with Gasteiger partial charge in [-0.25, -0.2) is 9.97 Å². The molecule has 1 amide bonds. The van der Waals surface area contributed by atoms with Gasteiger partial charge in [0.1, 0.15) is 5.82 Å². The third kappa shape index (κ3) is 6.56. The molecule has 2 N–H and O–H groups in total. The van der Waals surface area contributed by atoms with Crippen LogP contribution in [-0.4, -0.2) is 87.5 Å². The molecular weight excluding hydrogens is 476 g/mol. The minimum Gasteiger partial charge on any atom is -0.481 e. The van der Waals surface area contributed by atoms with Crippen molar-refractivity contribution in [3.63, 3.8) is 0 Å². The Bertz CT molecular complexity index is 1040. The Morgan fingerprint density at radius 1 is 1.14 bits per heavy atom. The number of unbranched alkanes of at least 4 members (excludes halogenated alkanes) is 1. The molecule has 2 aliphatic rings. The molecule has 4 rings (SSSR count). The number of amides is 1. The zero-order valence-corrected chi connectivity index (χ0v) is 21.3. The lowest BCUT2D eigenvalue weighted by atomic mass is 9.83. The number of carbonyl (C=O) groups is 2. The van der Waals surface area contributed by atoms with Gasteiger partial charge in [0, 0.05) is 57.0 Å². The second kappa shape index (κ2) is 12.8. The molecule has 2 aliphatic heterocycles. The Morgan fingerprint density at radius 3 is 2.62 bits per heavy atom. The summed E-state index contributed by atoms with van der Waals surface area (Å²) < 4.78 is 11.0. The van der Waals surface area contributed by atoms with Crippen molar-refractivity contribution in [3.05, 3.63) is 48.0 Å². The van der Waals surface area contributed by atoms with Gasteiger partial charge in [-0.3, -0.25) is 14.5 Å². The van der Waals surface area contributed by atoms with Gasteiger partial charge in [0.2, 0.25) is 12.7 Å². The Balaban J connectivity index is 1.59. The van der Waals surface area contributed by atoms with E-state index in [0.29, 0.717) is 56.2 Å². The van der Waals surface area contributed by atoms with Crippen LogP contribution in [-0.2, 0) is 16.0 Å². The molecule has 200 valence electrons. The number of nitrogens with zero attached hydrogens (tertiary/aromatic N) is 4. The van der Waals surface area contributed by atoms with Crippen LogP contribution >= 0.6 is 0 Å². The van der Waals surface area contributed by atoms with Gasteiger partial charge >= 0.3 is 5.97 Å². The first kappa shape index (κ1) is 26.8. The van der Waals surface area contributed by atoms with E-state index in [1.807, 2.05) is 23.1 Å². The molecule has 0 radical (unpaired) electrons. The van der Waals surface area contributed by atoms with Crippen molar-refractivity contribution in [3.8, 4) is 11.5 Å². The molecule has 3 atom stereocenters. The van der Waals surface area contributed by atoms with E-state index in [1.165, 1.54) is 0 Å². The molecule has 37 heavy (non-hydrogen) atoms. The first-order valence-corrected chi connectivity index (χ1v) is 13.0. The van der Waals surface area contributed by atoms with Gasteiger partial charge < -0.3 is 24.6 Å². The van der Waals surface area contributed by atoms with E-state index in [-0.39, 0.29) is 37.8 Å². The standard InChI is InChI=1S/C27H36N4O6/c1-2-3-12-30(13-5-14-32)25(33)17-31-16-20(19-6-8-22-23(15-19)37-18-36-22)26(27(34)35)21(31)7-9-24-28-10-4-11-29-24/h4,6,8,10-11,15,20-21,26,32H,2-3,5,7,9,12-14,16-18H2,1H3,(H,34,35)/t20-,21+,26?/m1/s1. The number of hydrogen-bond acceptors (Lipinski definition) is 8. The van der Waals surface area contributed by atoms with E-state index in [0.717, 1.165) is 18.4 Å². The summed E-state index contributed by atoms with van der Waals surface area (Å²) in [4.78, 5) is 38.5. The molecule has 1 aromatic carbocycles. The number of aliphatic hydroxyl groups is 1. The van der Waals surface area contributed by atoms with Crippen LogP contribution in [0.2, 0.25) is 0 Å². The van der Waals surface area contributed by atoms with Gasteiger partial charge in [-0.1, -0.05) is 19.4 Å². The second-order valence-electron chi connectivity index (χ2n) is 9.60. The fourth-order valence-electron chi connectivity index (χ4n) is 5.32. The van der Waals surface area contributed by atoms with Crippen molar-refractivity contribution in [2.45, 2.75) is 51.0 Å². The molecule has 0 bridgehead atoms. The first-order chi connectivity index (χ1) is 18.0. The Morgan fingerprint density at radius 2 is 1.89 bits per heavy atom. The maximum Gasteiger partial charge on any atom is 0.308 e. The number of aliphatic carboxylic acids is 1. The SMILES string of the molecule is CCCCN(CCCO)C(=O)CN1C[C@H](c2ccc3c(c2)OCO3)C(C(=O)O)[C@@H]1CCc1ncccn1. The molecule has 10 nitrogen and oxygen atoms in total. The van der Waals surface area contributed by atoms with Crippen LogP contribution in [0.25, 0.3) is 0 Å². The summed E-state index contributed by atoms with van der Waals surface area (Å²) in [6.07, 6.45) is 6.73. The molecule has 1 fully saturated rings. The Labute approximate surface area is 217 Å². The number of fused-ring (bicyclic) bond motifs is 1. The Kier molecular flexibility index (Phi) is 9.29. The predicted molar refractivity (Wildman–Crippen MR) is 135 cm³/mol. The van der Waals surface area contributed by atoms with Gasteiger partial charge in [0.05, 0.1) is 12.5 Å². The van der Waals surface area contributed by atoms with Crippen molar-refractivity contribution in [1.29, 1.82) is 0 Å². The lowest BCUT2D eigenvalue weighted by Crippen LogP contribution is -2.45. The maximum absolute atomic E-state index is 13.4. The van der Waals surface area contributed by atoms with Crippen molar-refractivity contribution >= 4 is 11.9 Å². The monoisotopic (exact) mass is 512 g/mol. The number of aromatic nitrogens is 2. The van der Waals surface area contributed by atoms with Gasteiger partial charge in [-0.05, 0) is 43.0 Å². The van der Waals surface area contributed by atoms with Gasteiger partial charge in [0.15, 0.2) is 11.5 Å². The normalized spacial score (nSPS) is 20.8. The number of aliphatic hydroxyl groups excluding tert-OH is 1. The maximum atomic E-state index is 13.4. The molecular formula is C27H36N4O6. The van der Waals surface area contributed by atoms with Crippen LogP contribution < -0.4 is 9.47 Å². The summed E-state index contributed by atoms with van der Waals surface area (Å²) in [6, 6.07) is 6.95. The number of likely N-dealkylation sites (tertiary alicyclic amines) is 1. The van der Waals surface area contributed by atoms with E-state index in [9.17, 15) is 19.8 Å². The van der Waals surface area contributed by atoms with Crippen molar-refractivity contribution in [2.24, 2.45) is 5.92 Å². The average Bonchev–Trinajstić information content (AvgIpc) is 3.52. The molecule has 3 heterocycles. The van der Waals surface area contributed by atoms with E-state index in [1.54, 1.807) is 23.4 Å². The second-order valence-corrected chi connectivity index (χ2v) is 9.60. The largest absolute Gasteiger partial charge is 0.481 e. The first-order valence-electron chi connectivity index (χ1n) is 13.0. The highest BCUT2D eigenvalue weighted by atomic mass is 16.7. The summed E-state index contributed by atoms with van der Waals surface area (Å²) in [5, 5.41) is 19.7. The number of carboxylic acid groups (broad SMARTS) is 1. The van der Waals surface area contributed by atoms with E-state index >= 15 is 0 Å². The lowest BCUT2D eigenvalue weighted by Gasteiger charge is -2.29. The quantitative estimate of drug-likeness (QED) is 0.416. The number of benzene rings is 1. The minimum atomic E-state index is -0.889. The van der Waals surface area contributed by atoms with Gasteiger partial charge in [0.25, 0.3) is 0 Å². The number of aryl methyl sites for hydroxylation is 1. The van der Waals surface area contributed by atoms with Crippen LogP contribution in [0.3, 0.4) is 0 Å². The molecule has 1 saturated heterocycles.